The van der Waals surface area contributed by atoms with Crippen molar-refractivity contribution in [2.45, 2.75) is 18.4 Å². The van der Waals surface area contributed by atoms with Gasteiger partial charge in [-0.25, -0.2) is 0 Å². The number of nitrogens with two attached hydrogens (primary N) is 1. The summed E-state index contributed by atoms with van der Waals surface area (Å²) < 4.78 is 5.38. The first kappa shape index (κ1) is 10.6. The summed E-state index contributed by atoms with van der Waals surface area (Å²) in [6.45, 7) is 1.59. The van der Waals surface area contributed by atoms with E-state index in [4.69, 9.17) is 15.6 Å². The Balaban J connectivity index is 2.28. The largest absolute Gasteiger partial charge is 0.394 e. The third kappa shape index (κ3) is 2.20. The standard InChI is InChI=1S/C12H17NO2/c13-12(7-14)11-4-2-1-3-10(11)9-5-6-15-8-9/h1-4,9,12,14H,5-8,13H2. The predicted octanol–water partition coefficient (Wildman–Crippen LogP) is 1.18. The molecule has 1 aromatic rings. The number of hydrogen-bond donors (Lipinski definition) is 2. The molecule has 2 atom stereocenters. The zero-order chi connectivity index (χ0) is 10.7. The maximum atomic E-state index is 9.10. The summed E-state index contributed by atoms with van der Waals surface area (Å²) in [6.07, 6.45) is 1.05. The SMILES string of the molecule is NC(CO)c1ccccc1C1CCOC1. The first-order valence-electron chi connectivity index (χ1n) is 5.36. The van der Waals surface area contributed by atoms with Crippen molar-refractivity contribution < 1.29 is 9.84 Å². The van der Waals surface area contributed by atoms with Crippen LogP contribution in [0.2, 0.25) is 0 Å². The molecule has 3 N–H and O–H groups in total. The third-order valence-electron chi connectivity index (χ3n) is 2.96. The van der Waals surface area contributed by atoms with Crippen LogP contribution in [0.4, 0.5) is 0 Å². The van der Waals surface area contributed by atoms with E-state index in [1.165, 1.54) is 5.56 Å². The molecule has 0 aromatic heterocycles. The molecule has 82 valence electrons. The average Bonchev–Trinajstić information content (AvgIpc) is 2.81. The number of rotatable bonds is 3. The van der Waals surface area contributed by atoms with E-state index in [0.29, 0.717) is 5.92 Å². The molecular weight excluding hydrogens is 190 g/mol. The molecule has 1 saturated heterocycles. The topological polar surface area (TPSA) is 55.5 Å². The highest BCUT2D eigenvalue weighted by Crippen LogP contribution is 2.30. The van der Waals surface area contributed by atoms with Crippen LogP contribution >= 0.6 is 0 Å². The summed E-state index contributed by atoms with van der Waals surface area (Å²) in [7, 11) is 0. The van der Waals surface area contributed by atoms with Crippen molar-refractivity contribution >= 4 is 0 Å². The number of ether oxygens (including phenoxy) is 1. The maximum absolute atomic E-state index is 9.10. The highest BCUT2D eigenvalue weighted by Gasteiger charge is 2.21. The van der Waals surface area contributed by atoms with Crippen LogP contribution in [-0.2, 0) is 4.74 Å². The Labute approximate surface area is 89.9 Å². The normalized spacial score (nSPS) is 22.9. The van der Waals surface area contributed by atoms with Crippen LogP contribution in [0.1, 0.15) is 29.5 Å². The Morgan fingerprint density at radius 2 is 2.27 bits per heavy atom. The van der Waals surface area contributed by atoms with E-state index in [9.17, 15) is 0 Å². The summed E-state index contributed by atoms with van der Waals surface area (Å²) >= 11 is 0. The van der Waals surface area contributed by atoms with Gasteiger partial charge in [0.1, 0.15) is 0 Å². The lowest BCUT2D eigenvalue weighted by Gasteiger charge is -2.17. The molecule has 3 heteroatoms. The van der Waals surface area contributed by atoms with Crippen molar-refractivity contribution in [3.63, 3.8) is 0 Å². The molecule has 1 aromatic carbocycles. The van der Waals surface area contributed by atoms with Crippen LogP contribution in [0.3, 0.4) is 0 Å². The van der Waals surface area contributed by atoms with Crippen LogP contribution in [-0.4, -0.2) is 24.9 Å². The Morgan fingerprint density at radius 1 is 1.47 bits per heavy atom. The van der Waals surface area contributed by atoms with Crippen molar-refractivity contribution in [2.24, 2.45) is 5.73 Å². The fraction of sp³-hybridized carbons (Fsp3) is 0.500. The lowest BCUT2D eigenvalue weighted by atomic mass is 9.90. The van der Waals surface area contributed by atoms with Crippen molar-refractivity contribution in [3.05, 3.63) is 35.4 Å². The molecule has 3 nitrogen and oxygen atoms in total. The first-order chi connectivity index (χ1) is 7.33. The highest BCUT2D eigenvalue weighted by molar-refractivity contribution is 5.33. The van der Waals surface area contributed by atoms with E-state index in [1.54, 1.807) is 0 Å². The number of aliphatic hydroxyl groups is 1. The van der Waals surface area contributed by atoms with Crippen LogP contribution in [0, 0.1) is 0 Å². The second-order valence-corrected chi connectivity index (χ2v) is 3.98. The van der Waals surface area contributed by atoms with E-state index in [-0.39, 0.29) is 12.6 Å². The van der Waals surface area contributed by atoms with Gasteiger partial charge >= 0.3 is 0 Å². The molecule has 0 bridgehead atoms. The van der Waals surface area contributed by atoms with Crippen molar-refractivity contribution in [1.29, 1.82) is 0 Å². The molecule has 0 amide bonds. The van der Waals surface area contributed by atoms with E-state index < -0.39 is 0 Å². The molecule has 2 unspecified atom stereocenters. The van der Waals surface area contributed by atoms with E-state index >= 15 is 0 Å². The fourth-order valence-electron chi connectivity index (χ4n) is 2.10. The van der Waals surface area contributed by atoms with Gasteiger partial charge in [0, 0.05) is 12.5 Å². The van der Waals surface area contributed by atoms with Crippen LogP contribution in [0.25, 0.3) is 0 Å². The summed E-state index contributed by atoms with van der Waals surface area (Å²) in [5.41, 5.74) is 8.16. The first-order valence-corrected chi connectivity index (χ1v) is 5.36. The van der Waals surface area contributed by atoms with Crippen molar-refractivity contribution in [3.8, 4) is 0 Å². The van der Waals surface area contributed by atoms with Gasteiger partial charge in [-0.3, -0.25) is 0 Å². The molecule has 15 heavy (non-hydrogen) atoms. The average molecular weight is 207 g/mol. The van der Waals surface area contributed by atoms with Gasteiger partial charge in [-0.1, -0.05) is 24.3 Å². The van der Waals surface area contributed by atoms with Gasteiger partial charge in [-0.05, 0) is 17.5 Å². The number of hydrogen-bond acceptors (Lipinski definition) is 3. The molecule has 0 saturated carbocycles. The van der Waals surface area contributed by atoms with E-state index in [0.717, 1.165) is 25.2 Å². The van der Waals surface area contributed by atoms with Gasteiger partial charge in [-0.15, -0.1) is 0 Å². The second kappa shape index (κ2) is 4.75. The van der Waals surface area contributed by atoms with Crippen LogP contribution in [0.15, 0.2) is 24.3 Å². The molecule has 0 spiro atoms. The molecular formula is C12H17NO2. The van der Waals surface area contributed by atoms with Crippen molar-refractivity contribution in [2.75, 3.05) is 19.8 Å². The monoisotopic (exact) mass is 207 g/mol. The Bertz CT molecular complexity index is 321. The summed E-state index contributed by atoms with van der Waals surface area (Å²) in [5, 5.41) is 9.10. The molecule has 1 aliphatic rings. The molecule has 1 aliphatic heterocycles. The maximum Gasteiger partial charge on any atom is 0.0624 e. The van der Waals surface area contributed by atoms with Gasteiger partial charge in [0.25, 0.3) is 0 Å². The summed E-state index contributed by atoms with van der Waals surface area (Å²) in [6, 6.07) is 7.78. The van der Waals surface area contributed by atoms with Gasteiger partial charge in [0.15, 0.2) is 0 Å². The van der Waals surface area contributed by atoms with Crippen molar-refractivity contribution in [1.82, 2.24) is 0 Å². The van der Waals surface area contributed by atoms with Crippen LogP contribution < -0.4 is 5.73 Å². The Hall–Kier alpha value is -0.900. The van der Waals surface area contributed by atoms with Gasteiger partial charge in [0.05, 0.1) is 19.3 Å². The van der Waals surface area contributed by atoms with E-state index in [1.807, 2.05) is 18.2 Å². The molecule has 0 radical (unpaired) electrons. The zero-order valence-corrected chi connectivity index (χ0v) is 8.73. The molecule has 1 fully saturated rings. The lowest BCUT2D eigenvalue weighted by Crippen LogP contribution is -2.17. The minimum atomic E-state index is -0.276. The van der Waals surface area contributed by atoms with E-state index in [2.05, 4.69) is 6.07 Å². The fourth-order valence-corrected chi connectivity index (χ4v) is 2.10. The van der Waals surface area contributed by atoms with Gasteiger partial charge < -0.3 is 15.6 Å². The number of benzene rings is 1. The lowest BCUT2D eigenvalue weighted by molar-refractivity contribution is 0.193. The highest BCUT2D eigenvalue weighted by atomic mass is 16.5. The molecule has 1 heterocycles. The van der Waals surface area contributed by atoms with Crippen LogP contribution in [0.5, 0.6) is 0 Å². The summed E-state index contributed by atoms with van der Waals surface area (Å²) in [4.78, 5) is 0. The molecule has 2 rings (SSSR count). The second-order valence-electron chi connectivity index (χ2n) is 3.98. The minimum Gasteiger partial charge on any atom is -0.394 e. The summed E-state index contributed by atoms with van der Waals surface area (Å²) in [5.74, 6) is 0.443. The molecule has 0 aliphatic carbocycles. The predicted molar refractivity (Wildman–Crippen MR) is 58.6 cm³/mol. The Kier molecular flexibility index (Phi) is 3.36. The number of aliphatic hydroxyl groups excluding tert-OH is 1. The minimum absolute atomic E-state index is 0.00933. The third-order valence-corrected chi connectivity index (χ3v) is 2.96. The quantitative estimate of drug-likeness (QED) is 0.782. The Morgan fingerprint density at radius 3 is 2.93 bits per heavy atom. The zero-order valence-electron chi connectivity index (χ0n) is 8.73. The van der Waals surface area contributed by atoms with Gasteiger partial charge in [0.2, 0.25) is 0 Å². The van der Waals surface area contributed by atoms with Gasteiger partial charge in [-0.2, -0.15) is 0 Å². The smallest absolute Gasteiger partial charge is 0.0624 e.